The second kappa shape index (κ2) is 7.40. The van der Waals surface area contributed by atoms with Crippen molar-refractivity contribution in [2.75, 3.05) is 5.32 Å². The minimum Gasteiger partial charge on any atom is -0.325 e. The number of hydrogen-bond acceptors (Lipinski definition) is 5. The Bertz CT molecular complexity index is 974. The van der Waals surface area contributed by atoms with E-state index in [9.17, 15) is 14.9 Å². The van der Waals surface area contributed by atoms with Crippen LogP contribution in [-0.4, -0.2) is 26.7 Å². The Balaban J connectivity index is 1.85. The summed E-state index contributed by atoms with van der Waals surface area (Å²) in [4.78, 5) is 25.0. The van der Waals surface area contributed by atoms with Gasteiger partial charge < -0.3 is 5.32 Å². The minimum absolute atomic E-state index is 0.00335. The van der Waals surface area contributed by atoms with Gasteiger partial charge in [-0.25, -0.2) is 4.68 Å². The number of para-hydroxylation sites is 2. The van der Waals surface area contributed by atoms with Crippen molar-refractivity contribution in [2.45, 2.75) is 6.92 Å². The van der Waals surface area contributed by atoms with Gasteiger partial charge in [-0.1, -0.05) is 41.6 Å². The van der Waals surface area contributed by atoms with E-state index in [0.717, 1.165) is 5.69 Å². The highest BCUT2D eigenvalue weighted by atomic mass is 16.2. The minimum atomic E-state index is -1.50. The van der Waals surface area contributed by atoms with Crippen LogP contribution in [0.2, 0.25) is 0 Å². The smallest absolute Gasteiger partial charge is 0.249 e. The summed E-state index contributed by atoms with van der Waals surface area (Å²) in [5.74, 6) is -2.88. The normalized spacial score (nSPS) is 11.4. The van der Waals surface area contributed by atoms with Gasteiger partial charge in [-0.15, -0.1) is 5.10 Å². The van der Waals surface area contributed by atoms with Crippen molar-refractivity contribution in [2.24, 2.45) is 5.92 Å². The number of Topliss-reactive ketones (excluding diaryl/α,β-unsaturated/α-hetero) is 1. The van der Waals surface area contributed by atoms with Gasteiger partial charge in [0.15, 0.2) is 11.6 Å². The van der Waals surface area contributed by atoms with Crippen LogP contribution in [0.4, 0.5) is 5.69 Å². The Hall–Kier alpha value is -3.79. The second-order valence-electron chi connectivity index (χ2n) is 5.55. The van der Waals surface area contributed by atoms with E-state index >= 15 is 0 Å². The molecule has 0 bridgehead atoms. The average Bonchev–Trinajstić information content (AvgIpc) is 3.05. The van der Waals surface area contributed by atoms with Crippen LogP contribution in [0.5, 0.6) is 0 Å². The Morgan fingerprint density at radius 3 is 2.31 bits per heavy atom. The van der Waals surface area contributed by atoms with Crippen LogP contribution in [0.15, 0.2) is 60.7 Å². The molecular formula is C19H15N5O2. The standard InChI is InChI=1S/C19H15N5O2/c1-13-17(22-23-24(13)15-10-6-3-7-11-15)18(25)16(12-20)19(26)21-14-8-4-2-5-9-14/h2-11,16H,1H3,(H,21,26). The van der Waals surface area contributed by atoms with Gasteiger partial charge in [0.1, 0.15) is 0 Å². The summed E-state index contributed by atoms with van der Waals surface area (Å²) in [5, 5.41) is 19.8. The molecule has 128 valence electrons. The number of benzene rings is 2. The van der Waals surface area contributed by atoms with Crippen molar-refractivity contribution in [3.05, 3.63) is 72.1 Å². The van der Waals surface area contributed by atoms with Crippen LogP contribution in [0.3, 0.4) is 0 Å². The molecule has 1 unspecified atom stereocenters. The number of nitrogens with zero attached hydrogens (tertiary/aromatic N) is 4. The molecule has 1 aromatic heterocycles. The molecule has 2 aromatic carbocycles. The van der Waals surface area contributed by atoms with Crippen LogP contribution >= 0.6 is 0 Å². The van der Waals surface area contributed by atoms with Gasteiger partial charge in [0.05, 0.1) is 17.5 Å². The van der Waals surface area contributed by atoms with E-state index in [-0.39, 0.29) is 5.69 Å². The highest BCUT2D eigenvalue weighted by molar-refractivity contribution is 6.15. The maximum Gasteiger partial charge on any atom is 0.249 e. The van der Waals surface area contributed by atoms with Crippen molar-refractivity contribution >= 4 is 17.4 Å². The number of anilines is 1. The molecule has 0 aliphatic rings. The number of nitrogens with one attached hydrogen (secondary N) is 1. The number of carbonyl (C=O) groups is 2. The van der Waals surface area contributed by atoms with Crippen LogP contribution in [0.25, 0.3) is 5.69 Å². The number of aromatic nitrogens is 3. The summed E-state index contributed by atoms with van der Waals surface area (Å²) in [6.07, 6.45) is 0. The Morgan fingerprint density at radius 2 is 1.69 bits per heavy atom. The second-order valence-corrected chi connectivity index (χ2v) is 5.55. The average molecular weight is 345 g/mol. The largest absolute Gasteiger partial charge is 0.325 e. The van der Waals surface area contributed by atoms with Crippen molar-refractivity contribution < 1.29 is 9.59 Å². The van der Waals surface area contributed by atoms with E-state index in [4.69, 9.17) is 0 Å². The molecule has 0 aliphatic heterocycles. The molecule has 0 spiro atoms. The Morgan fingerprint density at radius 1 is 1.08 bits per heavy atom. The van der Waals surface area contributed by atoms with Crippen LogP contribution in [0.1, 0.15) is 16.2 Å². The fourth-order valence-corrected chi connectivity index (χ4v) is 2.48. The topological polar surface area (TPSA) is 101 Å². The molecule has 1 N–H and O–H groups in total. The first-order chi connectivity index (χ1) is 12.6. The summed E-state index contributed by atoms with van der Waals surface area (Å²) in [7, 11) is 0. The van der Waals surface area contributed by atoms with Gasteiger partial charge in [0, 0.05) is 5.69 Å². The van der Waals surface area contributed by atoms with Crippen molar-refractivity contribution in [3.63, 3.8) is 0 Å². The molecule has 1 amide bonds. The summed E-state index contributed by atoms with van der Waals surface area (Å²) in [6, 6.07) is 19.6. The molecule has 7 nitrogen and oxygen atoms in total. The van der Waals surface area contributed by atoms with Crippen LogP contribution in [0, 0.1) is 24.2 Å². The molecule has 1 atom stereocenters. The quantitative estimate of drug-likeness (QED) is 0.566. The lowest BCUT2D eigenvalue weighted by Gasteiger charge is -2.09. The number of rotatable bonds is 5. The highest BCUT2D eigenvalue weighted by Crippen LogP contribution is 2.16. The SMILES string of the molecule is Cc1c(C(=O)C(C#N)C(=O)Nc2ccccc2)nnn1-c1ccccc1. The molecule has 3 aromatic rings. The van der Waals surface area contributed by atoms with E-state index in [1.807, 2.05) is 30.3 Å². The summed E-state index contributed by atoms with van der Waals surface area (Å²) < 4.78 is 1.50. The predicted molar refractivity (Wildman–Crippen MR) is 94.6 cm³/mol. The fraction of sp³-hybridized carbons (Fsp3) is 0.105. The predicted octanol–water partition coefficient (Wildman–Crippen LogP) is 2.54. The zero-order valence-corrected chi connectivity index (χ0v) is 14.0. The van der Waals surface area contributed by atoms with E-state index in [1.165, 1.54) is 4.68 Å². The fourth-order valence-electron chi connectivity index (χ4n) is 2.48. The lowest BCUT2D eigenvalue weighted by Crippen LogP contribution is -2.29. The summed E-state index contributed by atoms with van der Waals surface area (Å²) in [5.41, 5.74) is 1.71. The number of ketones is 1. The molecule has 26 heavy (non-hydrogen) atoms. The molecule has 0 fully saturated rings. The first-order valence-electron chi connectivity index (χ1n) is 7.89. The molecule has 1 heterocycles. The summed E-state index contributed by atoms with van der Waals surface area (Å²) in [6.45, 7) is 1.67. The number of hydrogen-bond donors (Lipinski definition) is 1. The van der Waals surface area contributed by atoms with E-state index < -0.39 is 17.6 Å². The Kier molecular flexibility index (Phi) is 4.85. The van der Waals surface area contributed by atoms with Crippen molar-refractivity contribution in [1.29, 1.82) is 5.26 Å². The zero-order chi connectivity index (χ0) is 18.5. The first-order valence-corrected chi connectivity index (χ1v) is 7.89. The third-order valence-electron chi connectivity index (χ3n) is 3.82. The maximum absolute atomic E-state index is 12.7. The number of amides is 1. The first kappa shape index (κ1) is 17.0. The molecule has 0 radical (unpaired) electrons. The molecule has 0 aliphatic carbocycles. The van der Waals surface area contributed by atoms with Gasteiger partial charge >= 0.3 is 0 Å². The van der Waals surface area contributed by atoms with Gasteiger partial charge in [-0.3, -0.25) is 9.59 Å². The number of nitriles is 1. The lowest BCUT2D eigenvalue weighted by atomic mass is 10.0. The van der Waals surface area contributed by atoms with E-state index in [2.05, 4.69) is 15.6 Å². The third-order valence-corrected chi connectivity index (χ3v) is 3.82. The van der Waals surface area contributed by atoms with Gasteiger partial charge in [0.2, 0.25) is 11.7 Å². The van der Waals surface area contributed by atoms with Crippen molar-refractivity contribution in [3.8, 4) is 11.8 Å². The van der Waals surface area contributed by atoms with Gasteiger partial charge in [-0.2, -0.15) is 5.26 Å². The van der Waals surface area contributed by atoms with Crippen LogP contribution < -0.4 is 5.32 Å². The van der Waals surface area contributed by atoms with E-state index in [1.54, 1.807) is 43.3 Å². The van der Waals surface area contributed by atoms with Crippen molar-refractivity contribution in [1.82, 2.24) is 15.0 Å². The third kappa shape index (κ3) is 3.35. The molecule has 0 saturated heterocycles. The highest BCUT2D eigenvalue weighted by Gasteiger charge is 2.31. The molecular weight excluding hydrogens is 330 g/mol. The van der Waals surface area contributed by atoms with Gasteiger partial charge in [0.25, 0.3) is 0 Å². The van der Waals surface area contributed by atoms with Crippen LogP contribution in [-0.2, 0) is 4.79 Å². The summed E-state index contributed by atoms with van der Waals surface area (Å²) >= 11 is 0. The monoisotopic (exact) mass is 345 g/mol. The van der Waals surface area contributed by atoms with Gasteiger partial charge in [-0.05, 0) is 31.2 Å². The lowest BCUT2D eigenvalue weighted by molar-refractivity contribution is -0.117. The maximum atomic E-state index is 12.7. The Labute approximate surface area is 149 Å². The zero-order valence-electron chi connectivity index (χ0n) is 14.0. The van der Waals surface area contributed by atoms with E-state index in [0.29, 0.717) is 11.4 Å². The molecule has 0 saturated carbocycles. The molecule has 3 rings (SSSR count). The molecule has 7 heteroatoms. The number of carbonyl (C=O) groups excluding carboxylic acids is 2.